The molecule has 0 radical (unpaired) electrons. The minimum Gasteiger partial charge on any atom is -0.454 e. The van der Waals surface area contributed by atoms with Crippen LogP contribution in [0.3, 0.4) is 0 Å². The number of nitrogens with one attached hydrogen (secondary N) is 2. The first-order chi connectivity index (χ1) is 16.7. The van der Waals surface area contributed by atoms with Crippen LogP contribution in [0.25, 0.3) is 0 Å². The van der Waals surface area contributed by atoms with Crippen LogP contribution in [0.5, 0.6) is 0 Å². The fraction of sp³-hybridized carbons (Fsp3) is 0.231. The van der Waals surface area contributed by atoms with Gasteiger partial charge in [-0.1, -0.05) is 30.3 Å². The molecule has 2 N–H and O–H groups in total. The monoisotopic (exact) mass is 476 g/mol. The Morgan fingerprint density at radius 1 is 1.09 bits per heavy atom. The van der Waals surface area contributed by atoms with E-state index in [1.165, 1.54) is 19.1 Å². The molecule has 0 saturated carbocycles. The highest BCUT2D eigenvalue weighted by atomic mass is 19.1. The molecule has 0 spiro atoms. The standard InChI is InChI=1S/C26H25FN4O4/c1-16-18(3)31(14-19-9-11-21(27)12-10-19)24(22(16)13-28)30-23(32)15-35-26(34)17(2)29-25(33)20-7-5-4-6-8-20/h4-12,17H,14-15H2,1-3H3,(H,29,33)(H,30,32)/t17-/m1/s1. The third-order valence-corrected chi connectivity index (χ3v) is 5.54. The average Bonchev–Trinajstić information content (AvgIpc) is 3.07. The highest BCUT2D eigenvalue weighted by Gasteiger charge is 2.22. The van der Waals surface area contributed by atoms with Gasteiger partial charge in [0.25, 0.3) is 11.8 Å². The van der Waals surface area contributed by atoms with Crippen molar-refractivity contribution in [1.82, 2.24) is 9.88 Å². The van der Waals surface area contributed by atoms with Crippen molar-refractivity contribution in [3.05, 3.63) is 88.4 Å². The summed E-state index contributed by atoms with van der Waals surface area (Å²) in [7, 11) is 0. The Bertz CT molecular complexity index is 1280. The van der Waals surface area contributed by atoms with E-state index in [1.54, 1.807) is 54.0 Å². The van der Waals surface area contributed by atoms with Crippen LogP contribution in [0.4, 0.5) is 10.2 Å². The van der Waals surface area contributed by atoms with E-state index in [0.717, 1.165) is 11.3 Å². The van der Waals surface area contributed by atoms with Crippen LogP contribution in [-0.2, 0) is 20.9 Å². The molecule has 0 aliphatic carbocycles. The average molecular weight is 477 g/mol. The quantitative estimate of drug-likeness (QED) is 0.484. The molecule has 2 aromatic carbocycles. The lowest BCUT2D eigenvalue weighted by molar-refractivity contribution is -0.148. The maximum absolute atomic E-state index is 13.3. The Morgan fingerprint density at radius 2 is 1.74 bits per heavy atom. The summed E-state index contributed by atoms with van der Waals surface area (Å²) in [6, 6.07) is 15.4. The molecule has 0 fully saturated rings. The number of nitriles is 1. The van der Waals surface area contributed by atoms with Gasteiger partial charge in [-0.3, -0.25) is 9.59 Å². The summed E-state index contributed by atoms with van der Waals surface area (Å²) in [5.41, 5.74) is 2.91. The molecule has 1 atom stereocenters. The molecule has 35 heavy (non-hydrogen) atoms. The van der Waals surface area contributed by atoms with Crippen LogP contribution < -0.4 is 10.6 Å². The van der Waals surface area contributed by atoms with Crippen LogP contribution >= 0.6 is 0 Å². The number of halogens is 1. The van der Waals surface area contributed by atoms with Gasteiger partial charge in [0, 0.05) is 17.8 Å². The predicted molar refractivity (Wildman–Crippen MR) is 127 cm³/mol. The lowest BCUT2D eigenvalue weighted by atomic mass is 10.2. The van der Waals surface area contributed by atoms with Gasteiger partial charge in [-0.15, -0.1) is 0 Å². The smallest absolute Gasteiger partial charge is 0.328 e. The zero-order valence-electron chi connectivity index (χ0n) is 19.6. The minimum atomic E-state index is -0.975. The van der Waals surface area contributed by atoms with E-state index in [-0.39, 0.29) is 17.2 Å². The number of benzene rings is 2. The van der Waals surface area contributed by atoms with Gasteiger partial charge in [-0.05, 0) is 56.2 Å². The van der Waals surface area contributed by atoms with Crippen molar-refractivity contribution in [2.75, 3.05) is 11.9 Å². The van der Waals surface area contributed by atoms with Gasteiger partial charge >= 0.3 is 5.97 Å². The topological polar surface area (TPSA) is 113 Å². The van der Waals surface area contributed by atoms with Crippen molar-refractivity contribution in [2.24, 2.45) is 0 Å². The van der Waals surface area contributed by atoms with Crippen molar-refractivity contribution in [3.8, 4) is 6.07 Å². The van der Waals surface area contributed by atoms with Gasteiger partial charge in [-0.25, -0.2) is 9.18 Å². The van der Waals surface area contributed by atoms with Crippen molar-refractivity contribution < 1.29 is 23.5 Å². The molecule has 0 unspecified atom stereocenters. The first kappa shape index (κ1) is 25.2. The summed E-state index contributed by atoms with van der Waals surface area (Å²) >= 11 is 0. The summed E-state index contributed by atoms with van der Waals surface area (Å²) in [6.07, 6.45) is 0. The van der Waals surface area contributed by atoms with Crippen molar-refractivity contribution in [2.45, 2.75) is 33.4 Å². The summed E-state index contributed by atoms with van der Waals surface area (Å²) in [4.78, 5) is 37.0. The van der Waals surface area contributed by atoms with E-state index in [4.69, 9.17) is 4.74 Å². The number of esters is 1. The van der Waals surface area contributed by atoms with E-state index in [2.05, 4.69) is 16.7 Å². The van der Waals surface area contributed by atoms with Gasteiger partial charge in [0.05, 0.1) is 5.56 Å². The van der Waals surface area contributed by atoms with E-state index < -0.39 is 30.4 Å². The Hall–Kier alpha value is -4.45. The van der Waals surface area contributed by atoms with Crippen molar-refractivity contribution >= 4 is 23.6 Å². The van der Waals surface area contributed by atoms with Crippen LogP contribution in [0.15, 0.2) is 54.6 Å². The third kappa shape index (κ3) is 6.12. The third-order valence-electron chi connectivity index (χ3n) is 5.54. The number of rotatable bonds is 8. The van der Waals surface area contributed by atoms with Crippen molar-refractivity contribution in [3.63, 3.8) is 0 Å². The van der Waals surface area contributed by atoms with Crippen LogP contribution in [0.1, 0.15) is 39.7 Å². The zero-order chi connectivity index (χ0) is 25.5. The molecular formula is C26H25FN4O4. The molecule has 180 valence electrons. The van der Waals surface area contributed by atoms with Crippen LogP contribution in [0, 0.1) is 31.0 Å². The maximum atomic E-state index is 13.3. The summed E-state index contributed by atoms with van der Waals surface area (Å²) in [5, 5.41) is 14.8. The SMILES string of the molecule is Cc1c(C#N)c(NC(=O)COC(=O)[C@@H](C)NC(=O)c2ccccc2)n(Cc2ccc(F)cc2)c1C. The van der Waals surface area contributed by atoms with E-state index >= 15 is 0 Å². The molecule has 0 bridgehead atoms. The van der Waals surface area contributed by atoms with Gasteiger partial charge in [0.15, 0.2) is 6.61 Å². The van der Waals surface area contributed by atoms with Gasteiger partial charge in [0.1, 0.15) is 23.7 Å². The molecule has 0 aliphatic rings. The Kier molecular flexibility index (Phi) is 8.00. The number of ether oxygens (including phenoxy) is 1. The van der Waals surface area contributed by atoms with Gasteiger partial charge in [-0.2, -0.15) is 5.26 Å². The van der Waals surface area contributed by atoms with E-state index in [9.17, 15) is 24.0 Å². The maximum Gasteiger partial charge on any atom is 0.328 e. The fourth-order valence-corrected chi connectivity index (χ4v) is 3.46. The van der Waals surface area contributed by atoms with Gasteiger partial charge < -0.3 is 19.9 Å². The summed E-state index contributed by atoms with van der Waals surface area (Å²) < 4.78 is 20.1. The molecule has 0 aliphatic heterocycles. The zero-order valence-corrected chi connectivity index (χ0v) is 19.6. The fourth-order valence-electron chi connectivity index (χ4n) is 3.46. The number of carbonyl (C=O) groups is 3. The second kappa shape index (κ2) is 11.1. The molecule has 1 aromatic heterocycles. The molecule has 9 heteroatoms. The van der Waals surface area contributed by atoms with E-state index in [0.29, 0.717) is 17.7 Å². The lowest BCUT2D eigenvalue weighted by Gasteiger charge is -2.15. The second-order valence-electron chi connectivity index (χ2n) is 7.98. The highest BCUT2D eigenvalue weighted by Crippen LogP contribution is 2.27. The number of carbonyl (C=O) groups excluding carboxylic acids is 3. The van der Waals surface area contributed by atoms with Crippen molar-refractivity contribution in [1.29, 1.82) is 5.26 Å². The Morgan fingerprint density at radius 3 is 2.37 bits per heavy atom. The Labute approximate surface area is 202 Å². The summed E-state index contributed by atoms with van der Waals surface area (Å²) in [6.45, 7) is 4.73. The minimum absolute atomic E-state index is 0.262. The first-order valence-electron chi connectivity index (χ1n) is 10.9. The molecule has 3 aromatic rings. The predicted octanol–water partition coefficient (Wildman–Crippen LogP) is 3.46. The molecular weight excluding hydrogens is 451 g/mol. The largest absolute Gasteiger partial charge is 0.454 e. The normalized spacial score (nSPS) is 11.3. The number of hydrogen-bond acceptors (Lipinski definition) is 5. The number of nitrogens with zero attached hydrogens (tertiary/aromatic N) is 2. The van der Waals surface area contributed by atoms with Crippen LogP contribution in [-0.4, -0.2) is 35.0 Å². The summed E-state index contributed by atoms with van der Waals surface area (Å²) in [5.74, 6) is -1.97. The number of amides is 2. The number of hydrogen-bond donors (Lipinski definition) is 2. The molecule has 3 rings (SSSR count). The van der Waals surface area contributed by atoms with E-state index in [1.807, 2.05) is 6.92 Å². The molecule has 8 nitrogen and oxygen atoms in total. The molecule has 1 heterocycles. The second-order valence-corrected chi connectivity index (χ2v) is 7.98. The number of anilines is 1. The number of aromatic nitrogens is 1. The van der Waals surface area contributed by atoms with Crippen LogP contribution in [0.2, 0.25) is 0 Å². The first-order valence-corrected chi connectivity index (χ1v) is 10.9. The van der Waals surface area contributed by atoms with Gasteiger partial charge in [0.2, 0.25) is 0 Å². The highest BCUT2D eigenvalue weighted by molar-refractivity contribution is 5.97. The molecule has 2 amide bonds. The lowest BCUT2D eigenvalue weighted by Crippen LogP contribution is -2.40. The Balaban J connectivity index is 1.65. The molecule has 0 saturated heterocycles.